The van der Waals surface area contributed by atoms with E-state index in [1.54, 1.807) is 12.3 Å². The highest BCUT2D eigenvalue weighted by atomic mass is 16.4. The lowest BCUT2D eigenvalue weighted by atomic mass is 10.1. The second kappa shape index (κ2) is 5.91. The number of amides is 1. The zero-order valence-corrected chi connectivity index (χ0v) is 11.1. The highest BCUT2D eigenvalue weighted by Gasteiger charge is 2.25. The van der Waals surface area contributed by atoms with E-state index in [2.05, 4.69) is 12.2 Å². The number of aromatic carboxylic acids is 1. The predicted octanol–water partition coefficient (Wildman–Crippen LogP) is 1.88. The predicted molar refractivity (Wildman–Crippen MR) is 71.0 cm³/mol. The Bertz CT molecular complexity index is 463. The van der Waals surface area contributed by atoms with Gasteiger partial charge in [-0.2, -0.15) is 0 Å². The number of carbonyl (C=O) groups is 2. The van der Waals surface area contributed by atoms with Crippen LogP contribution in [0.4, 0.5) is 0 Å². The van der Waals surface area contributed by atoms with Crippen LogP contribution in [-0.4, -0.2) is 27.6 Å². The van der Waals surface area contributed by atoms with Crippen molar-refractivity contribution in [1.82, 2.24) is 9.88 Å². The summed E-state index contributed by atoms with van der Waals surface area (Å²) in [6.07, 6.45) is 6.12. The van der Waals surface area contributed by atoms with Crippen LogP contribution in [0.25, 0.3) is 0 Å². The minimum atomic E-state index is -1.01. The molecule has 1 aromatic rings. The van der Waals surface area contributed by atoms with Gasteiger partial charge >= 0.3 is 5.97 Å². The summed E-state index contributed by atoms with van der Waals surface area (Å²) in [5.41, 5.74) is 0.144. The van der Waals surface area contributed by atoms with Crippen molar-refractivity contribution in [3.8, 4) is 0 Å². The Hall–Kier alpha value is -1.78. The van der Waals surface area contributed by atoms with Crippen molar-refractivity contribution in [3.05, 3.63) is 24.0 Å². The molecule has 19 heavy (non-hydrogen) atoms. The zero-order valence-electron chi connectivity index (χ0n) is 11.1. The molecule has 2 N–H and O–H groups in total. The molecular formula is C14H20N2O3. The molecule has 1 aliphatic carbocycles. The summed E-state index contributed by atoms with van der Waals surface area (Å²) >= 11 is 0. The second-order valence-electron chi connectivity index (χ2n) is 5.18. The molecule has 0 saturated heterocycles. The van der Waals surface area contributed by atoms with Gasteiger partial charge in [0, 0.05) is 12.2 Å². The normalized spacial score (nSPS) is 16.1. The molecule has 1 heterocycles. The van der Waals surface area contributed by atoms with Crippen molar-refractivity contribution in [2.75, 3.05) is 0 Å². The third kappa shape index (κ3) is 3.84. The summed E-state index contributed by atoms with van der Waals surface area (Å²) in [7, 11) is 0. The molecule has 104 valence electrons. The molecule has 1 aliphatic rings. The van der Waals surface area contributed by atoms with E-state index in [0.717, 1.165) is 18.8 Å². The first-order chi connectivity index (χ1) is 9.10. The second-order valence-corrected chi connectivity index (χ2v) is 5.18. The van der Waals surface area contributed by atoms with E-state index >= 15 is 0 Å². The molecular weight excluding hydrogens is 244 g/mol. The number of carboxylic acid groups (broad SMARTS) is 1. The molecule has 0 aromatic carbocycles. The van der Waals surface area contributed by atoms with Gasteiger partial charge in [-0.15, -0.1) is 0 Å². The van der Waals surface area contributed by atoms with Crippen LogP contribution < -0.4 is 5.32 Å². The Kier molecular flexibility index (Phi) is 4.24. The molecule has 1 unspecified atom stereocenters. The molecule has 1 saturated carbocycles. The van der Waals surface area contributed by atoms with Gasteiger partial charge in [-0.05, 0) is 30.9 Å². The topological polar surface area (TPSA) is 71.3 Å². The first-order valence-corrected chi connectivity index (χ1v) is 6.78. The minimum absolute atomic E-state index is 0.0653. The zero-order chi connectivity index (χ0) is 13.8. The van der Waals surface area contributed by atoms with E-state index in [9.17, 15) is 9.59 Å². The van der Waals surface area contributed by atoms with Crippen LogP contribution in [0.1, 0.15) is 43.1 Å². The fourth-order valence-electron chi connectivity index (χ4n) is 2.26. The maximum Gasteiger partial charge on any atom is 0.352 e. The summed E-state index contributed by atoms with van der Waals surface area (Å²) in [4.78, 5) is 22.9. The summed E-state index contributed by atoms with van der Waals surface area (Å²) in [6.45, 7) is 2.13. The molecule has 1 fully saturated rings. The van der Waals surface area contributed by atoms with E-state index in [0.29, 0.717) is 0 Å². The quantitative estimate of drug-likeness (QED) is 0.790. The SMILES string of the molecule is CCC(CC1CC1)NC(=O)Cn1cccc1C(=O)O. The molecule has 1 aromatic heterocycles. The lowest BCUT2D eigenvalue weighted by Crippen LogP contribution is -2.37. The molecule has 5 heteroatoms. The first-order valence-electron chi connectivity index (χ1n) is 6.78. The van der Waals surface area contributed by atoms with Crippen LogP contribution in [0.15, 0.2) is 18.3 Å². The molecule has 1 amide bonds. The third-order valence-electron chi connectivity index (χ3n) is 3.54. The summed E-state index contributed by atoms with van der Waals surface area (Å²) in [5, 5.41) is 12.0. The lowest BCUT2D eigenvalue weighted by Gasteiger charge is -2.17. The monoisotopic (exact) mass is 264 g/mol. The number of rotatable bonds is 7. The van der Waals surface area contributed by atoms with Gasteiger partial charge in [0.15, 0.2) is 0 Å². The van der Waals surface area contributed by atoms with Crippen molar-refractivity contribution in [3.63, 3.8) is 0 Å². The Morgan fingerprint density at radius 3 is 2.84 bits per heavy atom. The molecule has 0 radical (unpaired) electrons. The van der Waals surface area contributed by atoms with E-state index in [4.69, 9.17) is 5.11 Å². The Morgan fingerprint density at radius 1 is 1.53 bits per heavy atom. The largest absolute Gasteiger partial charge is 0.477 e. The van der Waals surface area contributed by atoms with Crippen molar-refractivity contribution in [2.24, 2.45) is 5.92 Å². The highest BCUT2D eigenvalue weighted by Crippen LogP contribution is 2.33. The Morgan fingerprint density at radius 2 is 2.26 bits per heavy atom. The maximum atomic E-state index is 11.9. The van der Waals surface area contributed by atoms with Gasteiger partial charge in [-0.25, -0.2) is 4.79 Å². The maximum absolute atomic E-state index is 11.9. The standard InChI is InChI=1S/C14H20N2O3/c1-2-11(8-10-5-6-10)15-13(17)9-16-7-3-4-12(16)14(18)19/h3-4,7,10-11H,2,5-6,8-9H2,1H3,(H,15,17)(H,18,19). The van der Waals surface area contributed by atoms with Crippen LogP contribution in [0.5, 0.6) is 0 Å². The molecule has 0 spiro atoms. The van der Waals surface area contributed by atoms with Crippen molar-refractivity contribution < 1.29 is 14.7 Å². The van der Waals surface area contributed by atoms with Gasteiger partial charge in [0.1, 0.15) is 12.2 Å². The number of nitrogens with one attached hydrogen (secondary N) is 1. The van der Waals surface area contributed by atoms with Crippen LogP contribution in [0.3, 0.4) is 0 Å². The summed E-state index contributed by atoms with van der Waals surface area (Å²) in [6, 6.07) is 3.35. The van der Waals surface area contributed by atoms with Crippen LogP contribution in [0, 0.1) is 5.92 Å². The first kappa shape index (κ1) is 13.6. The molecule has 5 nitrogen and oxygen atoms in total. The van der Waals surface area contributed by atoms with Crippen molar-refractivity contribution in [2.45, 2.75) is 45.2 Å². The van der Waals surface area contributed by atoms with E-state index in [1.807, 2.05) is 0 Å². The molecule has 2 rings (SSSR count). The number of hydrogen-bond donors (Lipinski definition) is 2. The number of hydrogen-bond acceptors (Lipinski definition) is 2. The summed E-state index contributed by atoms with van der Waals surface area (Å²) < 4.78 is 1.46. The van der Waals surface area contributed by atoms with Crippen LogP contribution in [-0.2, 0) is 11.3 Å². The van der Waals surface area contributed by atoms with E-state index < -0.39 is 5.97 Å². The van der Waals surface area contributed by atoms with Gasteiger partial charge in [0.2, 0.25) is 5.91 Å². The Labute approximate surface area is 112 Å². The lowest BCUT2D eigenvalue weighted by molar-refractivity contribution is -0.122. The number of aromatic nitrogens is 1. The van der Waals surface area contributed by atoms with Gasteiger partial charge in [0.25, 0.3) is 0 Å². The van der Waals surface area contributed by atoms with Crippen LogP contribution >= 0.6 is 0 Å². The van der Waals surface area contributed by atoms with E-state index in [-0.39, 0.29) is 24.2 Å². The van der Waals surface area contributed by atoms with Gasteiger partial charge < -0.3 is 15.0 Å². The van der Waals surface area contributed by atoms with E-state index in [1.165, 1.54) is 23.5 Å². The number of carbonyl (C=O) groups excluding carboxylic acids is 1. The fourth-order valence-corrected chi connectivity index (χ4v) is 2.26. The van der Waals surface area contributed by atoms with Gasteiger partial charge in [0.05, 0.1) is 0 Å². The molecule has 0 bridgehead atoms. The number of nitrogens with zero attached hydrogens (tertiary/aromatic N) is 1. The average Bonchev–Trinajstić information content (AvgIpc) is 3.05. The smallest absolute Gasteiger partial charge is 0.352 e. The molecule has 0 aliphatic heterocycles. The average molecular weight is 264 g/mol. The van der Waals surface area contributed by atoms with Gasteiger partial charge in [-0.1, -0.05) is 19.8 Å². The highest BCUT2D eigenvalue weighted by molar-refractivity contribution is 5.86. The fraction of sp³-hybridized carbons (Fsp3) is 0.571. The minimum Gasteiger partial charge on any atom is -0.477 e. The number of carboxylic acids is 1. The summed E-state index contributed by atoms with van der Waals surface area (Å²) in [5.74, 6) is -0.361. The molecule has 1 atom stereocenters. The van der Waals surface area contributed by atoms with Crippen molar-refractivity contribution >= 4 is 11.9 Å². The third-order valence-corrected chi connectivity index (χ3v) is 3.54. The van der Waals surface area contributed by atoms with Crippen molar-refractivity contribution in [1.29, 1.82) is 0 Å². The van der Waals surface area contributed by atoms with Gasteiger partial charge in [-0.3, -0.25) is 4.79 Å². The van der Waals surface area contributed by atoms with Crippen LogP contribution in [0.2, 0.25) is 0 Å². The Balaban J connectivity index is 1.88.